The fourth-order valence-electron chi connectivity index (χ4n) is 2.13. The molecule has 0 aliphatic carbocycles. The van der Waals surface area contributed by atoms with E-state index in [-0.39, 0.29) is 0 Å². The van der Waals surface area contributed by atoms with Crippen LogP contribution in [0, 0.1) is 5.92 Å². The standard InChI is InChI=1S/C10H17NO10/c11-4-6(15)3(8(16)17)10(20,9(18)19)21-7(4)5(14)2(13)1-12/h2-7,12-15,20H,1,11H2,(H,16,17)(H,18,19)/t2-,3?,4-,5-,6+,7-,10?/m1/s1. The number of aliphatic hydroxyl groups is 5. The second kappa shape index (κ2) is 6.19. The van der Waals surface area contributed by atoms with Gasteiger partial charge in [0.1, 0.15) is 24.2 Å². The number of aliphatic hydroxyl groups excluding tert-OH is 4. The van der Waals surface area contributed by atoms with Crippen LogP contribution in [0.3, 0.4) is 0 Å². The third kappa shape index (κ3) is 2.98. The Hall–Kier alpha value is -1.34. The fraction of sp³-hybridized carbons (Fsp3) is 0.800. The Kier molecular flexibility index (Phi) is 5.22. The van der Waals surface area contributed by atoms with E-state index in [0.717, 1.165) is 0 Å². The maximum Gasteiger partial charge on any atom is 0.365 e. The summed E-state index contributed by atoms with van der Waals surface area (Å²) in [7, 11) is 0. The summed E-state index contributed by atoms with van der Waals surface area (Å²) >= 11 is 0. The number of aliphatic carboxylic acids is 2. The number of carboxylic acid groups (broad SMARTS) is 2. The quantitative estimate of drug-likeness (QED) is 0.241. The van der Waals surface area contributed by atoms with Gasteiger partial charge in [-0.1, -0.05) is 0 Å². The number of rotatable bonds is 5. The van der Waals surface area contributed by atoms with Crippen molar-refractivity contribution < 1.29 is 50.1 Å². The van der Waals surface area contributed by atoms with Crippen molar-refractivity contribution in [2.75, 3.05) is 6.61 Å². The third-order valence-corrected chi connectivity index (χ3v) is 3.34. The van der Waals surface area contributed by atoms with Crippen LogP contribution in [0.15, 0.2) is 0 Å². The second-order valence-corrected chi connectivity index (χ2v) is 4.71. The van der Waals surface area contributed by atoms with E-state index >= 15 is 0 Å². The molecular formula is C10H17NO10. The first-order chi connectivity index (χ1) is 9.57. The van der Waals surface area contributed by atoms with Crippen LogP contribution in [0.1, 0.15) is 0 Å². The van der Waals surface area contributed by atoms with Crippen molar-refractivity contribution >= 4 is 11.9 Å². The molecule has 11 heteroatoms. The average Bonchev–Trinajstić information content (AvgIpc) is 2.40. The predicted octanol–water partition coefficient (Wildman–Crippen LogP) is -4.74. The van der Waals surface area contributed by atoms with Crippen LogP contribution < -0.4 is 5.73 Å². The van der Waals surface area contributed by atoms with Gasteiger partial charge in [-0.2, -0.15) is 0 Å². The van der Waals surface area contributed by atoms with E-state index in [9.17, 15) is 30.0 Å². The molecular weight excluding hydrogens is 294 g/mol. The summed E-state index contributed by atoms with van der Waals surface area (Å²) in [6, 6.07) is -1.62. The van der Waals surface area contributed by atoms with E-state index in [1.165, 1.54) is 0 Å². The molecule has 1 heterocycles. The molecule has 1 aliphatic heterocycles. The monoisotopic (exact) mass is 311 g/mol. The zero-order valence-electron chi connectivity index (χ0n) is 10.6. The van der Waals surface area contributed by atoms with Gasteiger partial charge in [0.2, 0.25) is 0 Å². The van der Waals surface area contributed by atoms with Gasteiger partial charge in [0.25, 0.3) is 5.79 Å². The summed E-state index contributed by atoms with van der Waals surface area (Å²) in [6.45, 7) is -0.933. The van der Waals surface area contributed by atoms with Crippen molar-refractivity contribution in [2.45, 2.75) is 36.2 Å². The summed E-state index contributed by atoms with van der Waals surface area (Å²) in [5.74, 6) is -9.66. The van der Waals surface area contributed by atoms with Gasteiger partial charge in [-0.25, -0.2) is 4.79 Å². The van der Waals surface area contributed by atoms with Crippen LogP contribution in [0.2, 0.25) is 0 Å². The third-order valence-electron chi connectivity index (χ3n) is 3.34. The molecule has 0 spiro atoms. The normalized spacial score (nSPS) is 39.5. The lowest BCUT2D eigenvalue weighted by atomic mass is 9.81. The highest BCUT2D eigenvalue weighted by atomic mass is 16.7. The van der Waals surface area contributed by atoms with Gasteiger partial charge in [0.15, 0.2) is 0 Å². The van der Waals surface area contributed by atoms with E-state index in [1.807, 2.05) is 0 Å². The summed E-state index contributed by atoms with van der Waals surface area (Å²) < 4.78 is 4.65. The molecule has 21 heavy (non-hydrogen) atoms. The highest BCUT2D eigenvalue weighted by Gasteiger charge is 2.62. The molecule has 2 unspecified atom stereocenters. The Labute approximate surface area is 117 Å². The molecule has 1 rings (SSSR count). The van der Waals surface area contributed by atoms with Crippen LogP contribution in [0.4, 0.5) is 0 Å². The molecule has 11 nitrogen and oxygen atoms in total. The van der Waals surface area contributed by atoms with Crippen molar-refractivity contribution in [1.29, 1.82) is 0 Å². The smallest absolute Gasteiger partial charge is 0.365 e. The Balaban J connectivity index is 3.19. The van der Waals surface area contributed by atoms with Gasteiger partial charge >= 0.3 is 11.9 Å². The summed E-state index contributed by atoms with van der Waals surface area (Å²) in [6.07, 6.45) is -7.66. The first kappa shape index (κ1) is 17.7. The highest BCUT2D eigenvalue weighted by Crippen LogP contribution is 2.34. The SMILES string of the molecule is N[C@H]1[C@H]([C@H](O)[C@H](O)CO)OC(O)(C(=O)O)C(C(=O)O)[C@@H]1O. The van der Waals surface area contributed by atoms with Crippen molar-refractivity contribution in [3.8, 4) is 0 Å². The van der Waals surface area contributed by atoms with E-state index in [0.29, 0.717) is 0 Å². The van der Waals surface area contributed by atoms with Gasteiger partial charge in [-0.15, -0.1) is 0 Å². The molecule has 0 amide bonds. The Bertz CT molecular complexity index is 417. The maximum absolute atomic E-state index is 11.1. The molecule has 1 aliphatic rings. The van der Waals surface area contributed by atoms with Crippen molar-refractivity contribution in [2.24, 2.45) is 11.7 Å². The van der Waals surface area contributed by atoms with Crippen molar-refractivity contribution in [3.05, 3.63) is 0 Å². The zero-order valence-corrected chi connectivity index (χ0v) is 10.6. The molecule has 1 fully saturated rings. The van der Waals surface area contributed by atoms with E-state index in [2.05, 4.69) is 4.74 Å². The first-order valence-corrected chi connectivity index (χ1v) is 5.85. The molecule has 1 saturated heterocycles. The van der Waals surface area contributed by atoms with Crippen LogP contribution in [0.5, 0.6) is 0 Å². The fourth-order valence-corrected chi connectivity index (χ4v) is 2.13. The lowest BCUT2D eigenvalue weighted by molar-refractivity contribution is -0.314. The van der Waals surface area contributed by atoms with E-state index < -0.39 is 60.7 Å². The predicted molar refractivity (Wildman–Crippen MR) is 61.7 cm³/mol. The van der Waals surface area contributed by atoms with Crippen molar-refractivity contribution in [1.82, 2.24) is 0 Å². The molecule has 0 aromatic rings. The average molecular weight is 311 g/mol. The number of hydrogen-bond donors (Lipinski definition) is 8. The molecule has 122 valence electrons. The topological polar surface area (TPSA) is 211 Å². The van der Waals surface area contributed by atoms with E-state index in [1.54, 1.807) is 0 Å². The maximum atomic E-state index is 11.1. The molecule has 0 aromatic carbocycles. The van der Waals surface area contributed by atoms with Gasteiger partial charge < -0.3 is 46.2 Å². The summed E-state index contributed by atoms with van der Waals surface area (Å²) in [5, 5.41) is 65.2. The Morgan fingerprint density at radius 3 is 2.19 bits per heavy atom. The lowest BCUT2D eigenvalue weighted by Crippen LogP contribution is -2.71. The zero-order chi connectivity index (χ0) is 16.5. The van der Waals surface area contributed by atoms with Gasteiger partial charge in [-0.3, -0.25) is 4.79 Å². The summed E-state index contributed by atoms with van der Waals surface area (Å²) in [5.41, 5.74) is 5.47. The first-order valence-electron chi connectivity index (χ1n) is 5.85. The number of hydrogen-bond acceptors (Lipinski definition) is 9. The lowest BCUT2D eigenvalue weighted by Gasteiger charge is -2.46. The molecule has 7 atom stereocenters. The highest BCUT2D eigenvalue weighted by molar-refractivity contribution is 5.85. The number of nitrogens with two attached hydrogens (primary N) is 1. The molecule has 0 bridgehead atoms. The van der Waals surface area contributed by atoms with Crippen molar-refractivity contribution in [3.63, 3.8) is 0 Å². The van der Waals surface area contributed by atoms with Gasteiger partial charge in [0.05, 0.1) is 18.8 Å². The molecule has 0 aromatic heterocycles. The van der Waals surface area contributed by atoms with Crippen LogP contribution in [0.25, 0.3) is 0 Å². The Morgan fingerprint density at radius 1 is 1.29 bits per heavy atom. The largest absolute Gasteiger partial charge is 0.481 e. The van der Waals surface area contributed by atoms with Gasteiger partial charge in [0, 0.05) is 0 Å². The summed E-state index contributed by atoms with van der Waals surface area (Å²) in [4.78, 5) is 22.1. The minimum absolute atomic E-state index is 0.933. The number of carboxylic acids is 2. The van der Waals surface area contributed by atoms with Crippen LogP contribution >= 0.6 is 0 Å². The molecule has 9 N–H and O–H groups in total. The minimum Gasteiger partial charge on any atom is -0.481 e. The minimum atomic E-state index is -3.36. The molecule has 0 saturated carbocycles. The number of carbonyl (C=O) groups is 2. The second-order valence-electron chi connectivity index (χ2n) is 4.71. The van der Waals surface area contributed by atoms with Crippen LogP contribution in [-0.4, -0.2) is 90.5 Å². The van der Waals surface area contributed by atoms with Crippen LogP contribution in [-0.2, 0) is 14.3 Å². The van der Waals surface area contributed by atoms with E-state index in [4.69, 9.17) is 21.1 Å². The Morgan fingerprint density at radius 2 is 1.81 bits per heavy atom. The molecule has 0 radical (unpaired) electrons. The van der Waals surface area contributed by atoms with Gasteiger partial charge in [-0.05, 0) is 0 Å². The number of ether oxygens (including phenoxy) is 1.